The zero-order valence-corrected chi connectivity index (χ0v) is 10.7. The van der Waals surface area contributed by atoms with Crippen LogP contribution in [0.25, 0.3) is 11.3 Å². The van der Waals surface area contributed by atoms with Gasteiger partial charge in [0.2, 0.25) is 0 Å². The molecule has 1 heterocycles. The van der Waals surface area contributed by atoms with Gasteiger partial charge in [0.05, 0.1) is 11.4 Å². The maximum Gasteiger partial charge on any atom is 0.110 e. The fourth-order valence-corrected chi connectivity index (χ4v) is 2.15. The van der Waals surface area contributed by atoms with Gasteiger partial charge < -0.3 is 9.88 Å². The minimum atomic E-state index is 0.957. The van der Waals surface area contributed by atoms with Crippen LogP contribution >= 0.6 is 0 Å². The number of nitrogens with zero attached hydrogens (tertiary/aromatic N) is 2. The van der Waals surface area contributed by atoms with Crippen LogP contribution < -0.4 is 5.32 Å². The van der Waals surface area contributed by atoms with E-state index in [1.807, 2.05) is 13.1 Å². The van der Waals surface area contributed by atoms with E-state index in [-0.39, 0.29) is 0 Å². The Morgan fingerprint density at radius 3 is 2.59 bits per heavy atom. The number of hydrogen-bond donors (Lipinski definition) is 1. The zero-order valence-electron chi connectivity index (χ0n) is 10.7. The van der Waals surface area contributed by atoms with E-state index >= 15 is 0 Å². The lowest BCUT2D eigenvalue weighted by Gasteiger charge is -2.06. The highest BCUT2D eigenvalue weighted by Crippen LogP contribution is 2.23. The van der Waals surface area contributed by atoms with E-state index in [2.05, 4.69) is 53.1 Å². The zero-order chi connectivity index (χ0) is 12.3. The van der Waals surface area contributed by atoms with Crippen LogP contribution in [-0.2, 0) is 13.5 Å². The maximum absolute atomic E-state index is 4.65. The first-order chi connectivity index (χ1) is 8.24. The van der Waals surface area contributed by atoms with Crippen molar-refractivity contribution in [3.63, 3.8) is 0 Å². The summed E-state index contributed by atoms with van der Waals surface area (Å²) in [5, 5.41) is 3.16. The summed E-state index contributed by atoms with van der Waals surface area (Å²) in [5.74, 6) is 1.13. The highest BCUT2D eigenvalue weighted by Gasteiger charge is 2.12. The van der Waals surface area contributed by atoms with Gasteiger partial charge in [0.15, 0.2) is 0 Å². The first-order valence-corrected chi connectivity index (χ1v) is 5.96. The van der Waals surface area contributed by atoms with Gasteiger partial charge in [0.1, 0.15) is 5.82 Å². The van der Waals surface area contributed by atoms with Crippen LogP contribution in [0.3, 0.4) is 0 Å². The molecule has 0 aliphatic heterocycles. The largest absolute Gasteiger partial charge is 0.331 e. The Balaban J connectivity index is 2.38. The quantitative estimate of drug-likeness (QED) is 0.870. The minimum Gasteiger partial charge on any atom is -0.331 e. The molecule has 2 aromatic rings. The summed E-state index contributed by atoms with van der Waals surface area (Å²) >= 11 is 0. The van der Waals surface area contributed by atoms with E-state index in [9.17, 15) is 0 Å². The van der Waals surface area contributed by atoms with Crippen LogP contribution in [0, 0.1) is 6.92 Å². The highest BCUT2D eigenvalue weighted by atomic mass is 15.1. The van der Waals surface area contributed by atoms with E-state index in [0.29, 0.717) is 0 Å². The van der Waals surface area contributed by atoms with Gasteiger partial charge in [-0.15, -0.1) is 0 Å². The van der Waals surface area contributed by atoms with E-state index in [0.717, 1.165) is 24.5 Å². The van der Waals surface area contributed by atoms with Gasteiger partial charge in [-0.25, -0.2) is 4.98 Å². The van der Waals surface area contributed by atoms with Crippen LogP contribution in [0.4, 0.5) is 0 Å². The molecule has 0 amide bonds. The molecule has 3 heteroatoms. The molecule has 2 rings (SSSR count). The maximum atomic E-state index is 4.65. The van der Waals surface area contributed by atoms with Crippen LogP contribution in [-0.4, -0.2) is 23.1 Å². The Bertz CT molecular complexity index is 486. The third kappa shape index (κ3) is 2.39. The highest BCUT2D eigenvalue weighted by molar-refractivity contribution is 5.62. The molecule has 0 spiro atoms. The first kappa shape index (κ1) is 11.9. The molecule has 0 saturated heterocycles. The number of likely N-dealkylation sites (N-methyl/N-ethyl adjacent to an activating group) is 1. The van der Waals surface area contributed by atoms with Crippen LogP contribution in [0.5, 0.6) is 0 Å². The van der Waals surface area contributed by atoms with Gasteiger partial charge in [-0.2, -0.15) is 0 Å². The summed E-state index contributed by atoms with van der Waals surface area (Å²) in [4.78, 5) is 4.65. The summed E-state index contributed by atoms with van der Waals surface area (Å²) < 4.78 is 2.20. The molecule has 3 nitrogen and oxygen atoms in total. The topological polar surface area (TPSA) is 29.9 Å². The van der Waals surface area contributed by atoms with Crippen molar-refractivity contribution < 1.29 is 0 Å². The lowest BCUT2D eigenvalue weighted by atomic mass is 10.1. The number of imidazole rings is 1. The Kier molecular flexibility index (Phi) is 3.59. The molecule has 0 aliphatic rings. The second-order valence-corrected chi connectivity index (χ2v) is 4.24. The van der Waals surface area contributed by atoms with Crippen molar-refractivity contribution >= 4 is 0 Å². The van der Waals surface area contributed by atoms with Gasteiger partial charge in [0.25, 0.3) is 0 Å². The molecule has 1 aromatic heterocycles. The molecule has 0 radical (unpaired) electrons. The predicted octanol–water partition coefficient (Wildman–Crippen LogP) is 2.16. The molecule has 0 aliphatic carbocycles. The average molecular weight is 229 g/mol. The number of benzene rings is 1. The van der Waals surface area contributed by atoms with E-state index in [1.165, 1.54) is 11.3 Å². The lowest BCUT2D eigenvalue weighted by molar-refractivity contribution is 0.720. The van der Waals surface area contributed by atoms with Gasteiger partial charge in [-0.3, -0.25) is 0 Å². The molecule has 1 aromatic carbocycles. The first-order valence-electron chi connectivity index (χ1n) is 5.96. The minimum absolute atomic E-state index is 0.957. The molecule has 0 bridgehead atoms. The SMILES string of the molecule is CNCCc1nc(C)c(-c2ccccc2)n1C. The van der Waals surface area contributed by atoms with Crippen molar-refractivity contribution in [1.82, 2.24) is 14.9 Å². The van der Waals surface area contributed by atoms with Gasteiger partial charge >= 0.3 is 0 Å². The third-order valence-corrected chi connectivity index (χ3v) is 3.01. The summed E-state index contributed by atoms with van der Waals surface area (Å²) in [7, 11) is 4.06. The van der Waals surface area contributed by atoms with Gasteiger partial charge in [0, 0.05) is 25.6 Å². The summed E-state index contributed by atoms with van der Waals surface area (Å²) in [6.45, 7) is 3.03. The number of aryl methyl sites for hydroxylation is 1. The summed E-state index contributed by atoms with van der Waals surface area (Å²) in [5.41, 5.74) is 3.55. The molecular formula is C14H19N3. The fourth-order valence-electron chi connectivity index (χ4n) is 2.15. The van der Waals surface area contributed by atoms with Crippen LogP contribution in [0.2, 0.25) is 0 Å². The summed E-state index contributed by atoms with van der Waals surface area (Å²) in [6, 6.07) is 10.4. The van der Waals surface area contributed by atoms with E-state index in [4.69, 9.17) is 0 Å². The van der Waals surface area contributed by atoms with Crippen molar-refractivity contribution in [3.8, 4) is 11.3 Å². The van der Waals surface area contributed by atoms with Crippen molar-refractivity contribution in [2.75, 3.05) is 13.6 Å². The average Bonchev–Trinajstić information content (AvgIpc) is 2.63. The number of nitrogens with one attached hydrogen (secondary N) is 1. The van der Waals surface area contributed by atoms with Gasteiger partial charge in [-0.1, -0.05) is 30.3 Å². The Hall–Kier alpha value is -1.61. The van der Waals surface area contributed by atoms with Crippen molar-refractivity contribution in [1.29, 1.82) is 0 Å². The number of aromatic nitrogens is 2. The van der Waals surface area contributed by atoms with Gasteiger partial charge in [-0.05, 0) is 14.0 Å². The molecular weight excluding hydrogens is 210 g/mol. The van der Waals surface area contributed by atoms with Crippen molar-refractivity contribution in [3.05, 3.63) is 41.9 Å². The predicted molar refractivity (Wildman–Crippen MR) is 71.0 cm³/mol. The number of hydrogen-bond acceptors (Lipinski definition) is 2. The molecule has 0 saturated carbocycles. The van der Waals surface area contributed by atoms with Crippen molar-refractivity contribution in [2.24, 2.45) is 7.05 Å². The molecule has 90 valence electrons. The Morgan fingerprint density at radius 1 is 1.24 bits per heavy atom. The summed E-state index contributed by atoms with van der Waals surface area (Å²) in [6.07, 6.45) is 0.959. The third-order valence-electron chi connectivity index (χ3n) is 3.01. The van der Waals surface area contributed by atoms with Crippen LogP contribution in [0.15, 0.2) is 30.3 Å². The van der Waals surface area contributed by atoms with Crippen molar-refractivity contribution in [2.45, 2.75) is 13.3 Å². The fraction of sp³-hybridized carbons (Fsp3) is 0.357. The smallest absolute Gasteiger partial charge is 0.110 e. The van der Waals surface area contributed by atoms with Crippen LogP contribution in [0.1, 0.15) is 11.5 Å². The second-order valence-electron chi connectivity index (χ2n) is 4.24. The Labute approximate surface area is 103 Å². The standard InChI is InChI=1S/C14H19N3/c1-11-14(12-7-5-4-6-8-12)17(3)13(16-11)9-10-15-2/h4-8,15H,9-10H2,1-3H3. The normalized spacial score (nSPS) is 10.8. The molecule has 1 N–H and O–H groups in total. The van der Waals surface area contributed by atoms with E-state index in [1.54, 1.807) is 0 Å². The molecule has 17 heavy (non-hydrogen) atoms. The van der Waals surface area contributed by atoms with E-state index < -0.39 is 0 Å². The second kappa shape index (κ2) is 5.15. The molecule has 0 unspecified atom stereocenters. The molecule has 0 fully saturated rings. The monoisotopic (exact) mass is 229 g/mol. The molecule has 0 atom stereocenters. The Morgan fingerprint density at radius 2 is 1.94 bits per heavy atom. The lowest BCUT2D eigenvalue weighted by Crippen LogP contribution is -2.13. The number of rotatable bonds is 4.